The first kappa shape index (κ1) is 12.2. The molecule has 0 aliphatic rings. The van der Waals surface area contributed by atoms with Gasteiger partial charge in [0.1, 0.15) is 5.82 Å². The van der Waals surface area contributed by atoms with E-state index in [1.54, 1.807) is 6.07 Å². The number of carbonyl (C=O) groups excluding carboxylic acids is 1. The van der Waals surface area contributed by atoms with Crippen molar-refractivity contribution in [1.29, 1.82) is 0 Å². The Bertz CT molecular complexity index is 352. The molecule has 4 heteroatoms. The van der Waals surface area contributed by atoms with E-state index in [1.165, 1.54) is 0 Å². The molecule has 0 saturated carbocycles. The maximum atomic E-state index is 11.7. The van der Waals surface area contributed by atoms with Gasteiger partial charge in [-0.05, 0) is 25.0 Å². The van der Waals surface area contributed by atoms with Gasteiger partial charge in [0.15, 0.2) is 0 Å². The van der Waals surface area contributed by atoms with Crippen LogP contribution in [0.15, 0.2) is 18.2 Å². The van der Waals surface area contributed by atoms with E-state index in [4.69, 9.17) is 0 Å². The van der Waals surface area contributed by atoms with Crippen LogP contribution in [0, 0.1) is 12.8 Å². The number of nitrogens with one attached hydrogen (secondary N) is 1. The Labute approximate surface area is 98.4 Å². The van der Waals surface area contributed by atoms with E-state index in [9.17, 15) is 4.79 Å². The summed E-state index contributed by atoms with van der Waals surface area (Å²) in [5, 5.41) is 2.77. The van der Waals surface area contributed by atoms with E-state index in [0.29, 0.717) is 5.82 Å². The second kappa shape index (κ2) is 5.26. The van der Waals surface area contributed by atoms with Crippen molar-refractivity contribution in [2.24, 2.45) is 5.92 Å². The summed E-state index contributed by atoms with van der Waals surface area (Å²) in [6.45, 7) is 5.87. The maximum absolute atomic E-state index is 11.7. The Morgan fingerprint density at radius 3 is 2.67 bits per heavy atom. The van der Waals surface area contributed by atoms with Crippen molar-refractivity contribution in [3.63, 3.8) is 0 Å². The summed E-state index contributed by atoms with van der Waals surface area (Å²) >= 11 is 3.34. The van der Waals surface area contributed by atoms with E-state index in [1.807, 2.05) is 32.9 Å². The molecule has 1 atom stereocenters. The minimum atomic E-state index is -0.181. The summed E-state index contributed by atoms with van der Waals surface area (Å²) in [6.07, 6.45) is 0. The van der Waals surface area contributed by atoms with Crippen LogP contribution >= 0.6 is 15.9 Å². The van der Waals surface area contributed by atoms with Gasteiger partial charge in [-0.1, -0.05) is 35.8 Å². The molecule has 1 rings (SSSR count). The summed E-state index contributed by atoms with van der Waals surface area (Å²) in [5.74, 6) is 0.808. The highest BCUT2D eigenvalue weighted by Gasteiger charge is 2.18. The standard InChI is InChI=1S/C11H15BrN2O/c1-7(2)10(12)11(15)14-9-6-4-5-8(3)13-9/h4-7,10H,1-3H3,(H,13,14,15). The van der Waals surface area contributed by atoms with Crippen LogP contribution in [-0.2, 0) is 4.79 Å². The van der Waals surface area contributed by atoms with Gasteiger partial charge in [0.2, 0.25) is 5.91 Å². The quantitative estimate of drug-likeness (QED) is 0.859. The van der Waals surface area contributed by atoms with E-state index < -0.39 is 0 Å². The van der Waals surface area contributed by atoms with Gasteiger partial charge in [0.25, 0.3) is 0 Å². The summed E-state index contributed by atoms with van der Waals surface area (Å²) < 4.78 is 0. The molecule has 0 fully saturated rings. The molecular weight excluding hydrogens is 256 g/mol. The van der Waals surface area contributed by atoms with Gasteiger partial charge in [0.05, 0.1) is 4.83 Å². The average Bonchev–Trinajstić information content (AvgIpc) is 2.16. The monoisotopic (exact) mass is 270 g/mol. The third kappa shape index (κ3) is 3.63. The Balaban J connectivity index is 2.66. The lowest BCUT2D eigenvalue weighted by molar-refractivity contribution is -0.116. The Hall–Kier alpha value is -0.900. The molecule has 0 spiro atoms. The number of nitrogens with zero attached hydrogens (tertiary/aromatic N) is 1. The normalized spacial score (nSPS) is 12.6. The van der Waals surface area contributed by atoms with E-state index >= 15 is 0 Å². The molecule has 0 saturated heterocycles. The zero-order valence-corrected chi connectivity index (χ0v) is 10.7. The van der Waals surface area contributed by atoms with Crippen LogP contribution in [-0.4, -0.2) is 15.7 Å². The minimum absolute atomic E-state index is 0.0527. The van der Waals surface area contributed by atoms with Crippen molar-refractivity contribution in [2.45, 2.75) is 25.6 Å². The third-order valence-electron chi connectivity index (χ3n) is 1.98. The second-order valence-corrected chi connectivity index (χ2v) is 4.79. The van der Waals surface area contributed by atoms with Crippen LogP contribution in [0.3, 0.4) is 0 Å². The molecule has 1 heterocycles. The number of aromatic nitrogens is 1. The summed E-state index contributed by atoms with van der Waals surface area (Å²) in [4.78, 5) is 15.7. The number of rotatable bonds is 3. The number of hydrogen-bond acceptors (Lipinski definition) is 2. The van der Waals surface area contributed by atoms with Crippen molar-refractivity contribution in [1.82, 2.24) is 4.98 Å². The van der Waals surface area contributed by atoms with Crippen LogP contribution in [0.4, 0.5) is 5.82 Å². The maximum Gasteiger partial charge on any atom is 0.239 e. The number of amides is 1. The molecule has 1 unspecified atom stereocenters. The predicted molar refractivity (Wildman–Crippen MR) is 65.2 cm³/mol. The lowest BCUT2D eigenvalue weighted by Crippen LogP contribution is -2.27. The average molecular weight is 271 g/mol. The molecule has 3 nitrogen and oxygen atoms in total. The van der Waals surface area contributed by atoms with E-state index in [2.05, 4.69) is 26.2 Å². The lowest BCUT2D eigenvalue weighted by atomic mass is 10.1. The number of carbonyl (C=O) groups is 1. The van der Waals surface area contributed by atoms with Crippen molar-refractivity contribution in [3.05, 3.63) is 23.9 Å². The SMILES string of the molecule is Cc1cccc(NC(=O)C(Br)C(C)C)n1. The van der Waals surface area contributed by atoms with Crippen LogP contribution in [0.25, 0.3) is 0 Å². The number of anilines is 1. The highest BCUT2D eigenvalue weighted by Crippen LogP contribution is 2.14. The van der Waals surface area contributed by atoms with Crippen molar-refractivity contribution >= 4 is 27.7 Å². The molecule has 0 bridgehead atoms. The van der Waals surface area contributed by atoms with Crippen molar-refractivity contribution in [3.8, 4) is 0 Å². The summed E-state index contributed by atoms with van der Waals surface area (Å²) in [6, 6.07) is 5.55. The second-order valence-electron chi connectivity index (χ2n) is 3.80. The molecule has 0 aliphatic heterocycles. The molecule has 1 N–H and O–H groups in total. The Kier molecular flexibility index (Phi) is 4.27. The number of halogens is 1. The molecule has 0 aliphatic carbocycles. The van der Waals surface area contributed by atoms with Gasteiger partial charge in [0, 0.05) is 5.69 Å². The first-order valence-corrected chi connectivity index (χ1v) is 5.81. The third-order valence-corrected chi connectivity index (χ3v) is 3.45. The highest BCUT2D eigenvalue weighted by molar-refractivity contribution is 9.10. The first-order valence-electron chi connectivity index (χ1n) is 4.89. The summed E-state index contributed by atoms with van der Waals surface area (Å²) in [5.41, 5.74) is 0.892. The zero-order chi connectivity index (χ0) is 11.4. The molecule has 1 amide bonds. The Morgan fingerprint density at radius 2 is 2.13 bits per heavy atom. The lowest BCUT2D eigenvalue weighted by Gasteiger charge is -2.13. The number of aryl methyl sites for hydroxylation is 1. The molecule has 0 radical (unpaired) electrons. The molecular formula is C11H15BrN2O. The van der Waals surface area contributed by atoms with E-state index in [-0.39, 0.29) is 16.7 Å². The molecule has 1 aromatic heterocycles. The smallest absolute Gasteiger partial charge is 0.239 e. The minimum Gasteiger partial charge on any atom is -0.310 e. The molecule has 82 valence electrons. The zero-order valence-electron chi connectivity index (χ0n) is 9.12. The van der Waals surface area contributed by atoms with Gasteiger partial charge in [-0.2, -0.15) is 0 Å². The van der Waals surface area contributed by atoms with Crippen molar-refractivity contribution < 1.29 is 4.79 Å². The Morgan fingerprint density at radius 1 is 1.47 bits per heavy atom. The van der Waals surface area contributed by atoms with Crippen LogP contribution < -0.4 is 5.32 Å². The molecule has 0 aromatic carbocycles. The largest absolute Gasteiger partial charge is 0.310 e. The van der Waals surface area contributed by atoms with Crippen LogP contribution in [0.5, 0.6) is 0 Å². The van der Waals surface area contributed by atoms with Gasteiger partial charge >= 0.3 is 0 Å². The van der Waals surface area contributed by atoms with Gasteiger partial charge in [-0.25, -0.2) is 4.98 Å². The summed E-state index contributed by atoms with van der Waals surface area (Å²) in [7, 11) is 0. The van der Waals surface area contributed by atoms with Gasteiger partial charge < -0.3 is 5.32 Å². The predicted octanol–water partition coefficient (Wildman–Crippen LogP) is 2.75. The number of pyridine rings is 1. The highest BCUT2D eigenvalue weighted by atomic mass is 79.9. The fourth-order valence-corrected chi connectivity index (χ4v) is 1.23. The van der Waals surface area contributed by atoms with Crippen LogP contribution in [0.1, 0.15) is 19.5 Å². The molecule has 1 aromatic rings. The fourth-order valence-electron chi connectivity index (χ4n) is 1.11. The number of hydrogen-bond donors (Lipinski definition) is 1. The molecule has 15 heavy (non-hydrogen) atoms. The van der Waals surface area contributed by atoms with Gasteiger partial charge in [-0.15, -0.1) is 0 Å². The van der Waals surface area contributed by atoms with Crippen molar-refractivity contribution in [2.75, 3.05) is 5.32 Å². The number of alkyl halides is 1. The first-order chi connectivity index (χ1) is 7.00. The fraction of sp³-hybridized carbons (Fsp3) is 0.455. The topological polar surface area (TPSA) is 42.0 Å². The van der Waals surface area contributed by atoms with Crippen LogP contribution in [0.2, 0.25) is 0 Å². The van der Waals surface area contributed by atoms with Gasteiger partial charge in [-0.3, -0.25) is 4.79 Å². The van der Waals surface area contributed by atoms with E-state index in [0.717, 1.165) is 5.69 Å².